The van der Waals surface area contributed by atoms with Crippen LogP contribution in [0.15, 0.2) is 72.8 Å². The van der Waals surface area contributed by atoms with Gasteiger partial charge in [0.05, 0.1) is 18.7 Å². The maximum absolute atomic E-state index is 13.6. The predicted octanol–water partition coefficient (Wildman–Crippen LogP) is 4.53. The number of hydrogen-bond donors (Lipinski definition) is 1. The number of methoxy groups -OCH3 is 1. The average Bonchev–Trinajstić information content (AvgIpc) is 2.89. The number of nitrogens with zero attached hydrogens (tertiary/aromatic N) is 1. The summed E-state index contributed by atoms with van der Waals surface area (Å²) in [6.45, 7) is -0.0945. The van der Waals surface area contributed by atoms with Crippen molar-refractivity contribution in [3.8, 4) is 5.75 Å². The number of para-hydroxylation sites is 1. The second-order valence-corrected chi connectivity index (χ2v) is 7.16. The maximum atomic E-state index is 13.6. The smallest absolute Gasteiger partial charge is 0.258 e. The zero-order valence-corrected chi connectivity index (χ0v) is 16.5. The van der Waals surface area contributed by atoms with Crippen molar-refractivity contribution in [3.05, 3.63) is 94.5 Å². The van der Waals surface area contributed by atoms with Gasteiger partial charge in [-0.3, -0.25) is 9.59 Å². The van der Waals surface area contributed by atoms with Crippen LogP contribution in [-0.4, -0.2) is 30.4 Å². The van der Waals surface area contributed by atoms with Crippen molar-refractivity contribution < 1.29 is 14.3 Å². The number of rotatable bonds is 3. The first kappa shape index (κ1) is 19.0. The third-order valence-corrected chi connectivity index (χ3v) is 5.16. The summed E-state index contributed by atoms with van der Waals surface area (Å²) in [5.41, 5.74) is 2.69. The summed E-state index contributed by atoms with van der Waals surface area (Å²) in [6, 6.07) is 21.4. The number of anilines is 1. The van der Waals surface area contributed by atoms with Crippen molar-refractivity contribution in [1.82, 2.24) is 4.90 Å². The minimum absolute atomic E-state index is 0.0945. The molecule has 0 saturated carbocycles. The quantitative estimate of drug-likeness (QED) is 0.695. The van der Waals surface area contributed by atoms with Gasteiger partial charge in [-0.1, -0.05) is 54.1 Å². The van der Waals surface area contributed by atoms with E-state index >= 15 is 0 Å². The number of ether oxygens (including phenoxy) is 1. The van der Waals surface area contributed by atoms with Gasteiger partial charge in [-0.15, -0.1) is 0 Å². The predicted molar refractivity (Wildman–Crippen MR) is 112 cm³/mol. The van der Waals surface area contributed by atoms with Crippen molar-refractivity contribution in [2.75, 3.05) is 19.0 Å². The lowest BCUT2D eigenvalue weighted by atomic mass is 9.95. The van der Waals surface area contributed by atoms with Gasteiger partial charge in [0.15, 0.2) is 0 Å². The molecule has 1 heterocycles. The Labute approximate surface area is 173 Å². The lowest BCUT2D eigenvalue weighted by Gasteiger charge is -2.31. The van der Waals surface area contributed by atoms with E-state index in [-0.39, 0.29) is 18.4 Å². The van der Waals surface area contributed by atoms with E-state index in [1.165, 1.54) is 7.11 Å². The van der Waals surface area contributed by atoms with Crippen LogP contribution in [0.4, 0.5) is 5.69 Å². The second-order valence-electron chi connectivity index (χ2n) is 6.73. The first-order valence-corrected chi connectivity index (χ1v) is 9.54. The van der Waals surface area contributed by atoms with Crippen molar-refractivity contribution in [2.45, 2.75) is 6.04 Å². The molecule has 3 aromatic carbocycles. The molecule has 1 atom stereocenters. The van der Waals surface area contributed by atoms with Gasteiger partial charge >= 0.3 is 0 Å². The molecular formula is C23H19ClN2O3. The summed E-state index contributed by atoms with van der Waals surface area (Å²) in [5, 5.41) is 3.42. The van der Waals surface area contributed by atoms with E-state index in [0.29, 0.717) is 22.0 Å². The number of halogens is 1. The molecule has 0 fully saturated rings. The molecule has 0 aliphatic carbocycles. The Morgan fingerprint density at radius 3 is 2.55 bits per heavy atom. The van der Waals surface area contributed by atoms with E-state index < -0.39 is 6.04 Å². The molecule has 2 amide bonds. The standard InChI is InChI=1S/C23H19ClN2O3/c1-29-20-10-6-5-9-17(20)23(28)26-14-21(27)25-19-12-11-16(24)13-18(19)22(26)15-7-3-2-4-8-15/h2-13,22H,14H2,1H3,(H,25,27)/t22-/m0/s1. The minimum Gasteiger partial charge on any atom is -0.496 e. The fourth-order valence-electron chi connectivity index (χ4n) is 3.64. The number of amides is 2. The lowest BCUT2D eigenvalue weighted by molar-refractivity contribution is -0.117. The van der Waals surface area contributed by atoms with Crippen molar-refractivity contribution in [2.24, 2.45) is 0 Å². The first-order chi connectivity index (χ1) is 14.1. The van der Waals surface area contributed by atoms with Crippen molar-refractivity contribution >= 4 is 29.1 Å². The van der Waals surface area contributed by atoms with E-state index in [4.69, 9.17) is 16.3 Å². The third kappa shape index (κ3) is 3.69. The number of carbonyl (C=O) groups is 2. The monoisotopic (exact) mass is 406 g/mol. The second kappa shape index (κ2) is 7.97. The molecule has 0 radical (unpaired) electrons. The van der Waals surface area contributed by atoms with Crippen LogP contribution in [0.5, 0.6) is 5.75 Å². The van der Waals surface area contributed by atoms with E-state index in [1.54, 1.807) is 47.4 Å². The summed E-state index contributed by atoms with van der Waals surface area (Å²) in [7, 11) is 1.52. The highest BCUT2D eigenvalue weighted by atomic mass is 35.5. The molecule has 5 nitrogen and oxygen atoms in total. The number of carbonyl (C=O) groups excluding carboxylic acids is 2. The number of hydrogen-bond acceptors (Lipinski definition) is 3. The van der Waals surface area contributed by atoms with E-state index in [0.717, 1.165) is 11.1 Å². The van der Waals surface area contributed by atoms with Crippen molar-refractivity contribution in [1.29, 1.82) is 0 Å². The summed E-state index contributed by atoms with van der Waals surface area (Å²) >= 11 is 6.27. The van der Waals surface area contributed by atoms with E-state index in [1.807, 2.05) is 30.3 Å². The summed E-state index contributed by atoms with van der Waals surface area (Å²) in [4.78, 5) is 27.8. The van der Waals surface area contributed by atoms with Crippen LogP contribution in [0.1, 0.15) is 27.5 Å². The molecule has 1 aliphatic heterocycles. The highest BCUT2D eigenvalue weighted by Gasteiger charge is 2.34. The largest absolute Gasteiger partial charge is 0.496 e. The highest BCUT2D eigenvalue weighted by molar-refractivity contribution is 6.30. The molecule has 29 heavy (non-hydrogen) atoms. The topological polar surface area (TPSA) is 58.6 Å². The van der Waals surface area contributed by atoms with Crippen LogP contribution in [0, 0.1) is 0 Å². The Bertz CT molecular complexity index is 1070. The van der Waals surface area contributed by atoms with Gasteiger partial charge in [-0.05, 0) is 35.9 Å². The molecule has 0 bridgehead atoms. The van der Waals surface area contributed by atoms with Crippen LogP contribution in [0.25, 0.3) is 0 Å². The molecule has 0 unspecified atom stereocenters. The van der Waals surface area contributed by atoms with Crippen LogP contribution >= 0.6 is 11.6 Å². The van der Waals surface area contributed by atoms with Gasteiger partial charge in [0, 0.05) is 16.3 Å². The van der Waals surface area contributed by atoms with Gasteiger partial charge < -0.3 is 15.0 Å². The van der Waals surface area contributed by atoms with E-state index in [9.17, 15) is 9.59 Å². The van der Waals surface area contributed by atoms with Gasteiger partial charge in [0.2, 0.25) is 5.91 Å². The van der Waals surface area contributed by atoms with Crippen LogP contribution in [0.2, 0.25) is 5.02 Å². The molecule has 3 aromatic rings. The van der Waals surface area contributed by atoms with Crippen LogP contribution < -0.4 is 10.1 Å². The average molecular weight is 407 g/mol. The summed E-state index contributed by atoms with van der Waals surface area (Å²) < 4.78 is 5.38. The molecule has 6 heteroatoms. The Hall–Kier alpha value is -3.31. The zero-order chi connectivity index (χ0) is 20.4. The third-order valence-electron chi connectivity index (χ3n) is 4.92. The fourth-order valence-corrected chi connectivity index (χ4v) is 3.82. The van der Waals surface area contributed by atoms with Gasteiger partial charge in [-0.25, -0.2) is 0 Å². The Morgan fingerprint density at radius 2 is 1.79 bits per heavy atom. The molecule has 1 N–H and O–H groups in total. The minimum atomic E-state index is -0.485. The normalized spacial score (nSPS) is 15.9. The Morgan fingerprint density at radius 1 is 1.07 bits per heavy atom. The fraction of sp³-hybridized carbons (Fsp3) is 0.130. The summed E-state index contributed by atoms with van der Waals surface area (Å²) in [6.07, 6.45) is 0. The molecular weight excluding hydrogens is 388 g/mol. The molecule has 0 saturated heterocycles. The number of fused-ring (bicyclic) bond motifs is 1. The molecule has 4 rings (SSSR count). The van der Waals surface area contributed by atoms with Gasteiger partial charge in [0.1, 0.15) is 12.3 Å². The Kier molecular flexibility index (Phi) is 5.23. The van der Waals surface area contributed by atoms with E-state index in [2.05, 4.69) is 5.32 Å². The molecule has 1 aliphatic rings. The molecule has 0 aromatic heterocycles. The zero-order valence-electron chi connectivity index (χ0n) is 15.8. The molecule has 146 valence electrons. The number of benzene rings is 3. The highest BCUT2D eigenvalue weighted by Crippen LogP contribution is 2.38. The van der Waals surface area contributed by atoms with Gasteiger partial charge in [0.25, 0.3) is 5.91 Å². The maximum Gasteiger partial charge on any atom is 0.258 e. The summed E-state index contributed by atoms with van der Waals surface area (Å²) in [5.74, 6) is -0.102. The van der Waals surface area contributed by atoms with Crippen molar-refractivity contribution in [3.63, 3.8) is 0 Å². The lowest BCUT2D eigenvalue weighted by Crippen LogP contribution is -2.39. The van der Waals surface area contributed by atoms with Gasteiger partial charge in [-0.2, -0.15) is 0 Å². The first-order valence-electron chi connectivity index (χ1n) is 9.16. The SMILES string of the molecule is COc1ccccc1C(=O)N1CC(=O)Nc2ccc(Cl)cc2[C@@H]1c1ccccc1. The van der Waals surface area contributed by atoms with Crippen LogP contribution in [0.3, 0.4) is 0 Å². The number of nitrogens with one attached hydrogen (secondary N) is 1. The van der Waals surface area contributed by atoms with Crippen LogP contribution in [-0.2, 0) is 4.79 Å². The molecule has 0 spiro atoms. The Balaban J connectivity index is 1.90.